The van der Waals surface area contributed by atoms with Crippen LogP contribution in [0.4, 0.5) is 0 Å². The summed E-state index contributed by atoms with van der Waals surface area (Å²) in [4.78, 5) is 0. The molecule has 72 valence electrons. The van der Waals surface area contributed by atoms with Crippen LogP contribution in [0.2, 0.25) is 0 Å². The van der Waals surface area contributed by atoms with Crippen LogP contribution in [0.15, 0.2) is 0 Å². The maximum atomic E-state index is 9.75. The van der Waals surface area contributed by atoms with Gasteiger partial charge in [-0.1, -0.05) is 13.8 Å². The molecule has 2 N–H and O–H groups in total. The highest BCUT2D eigenvalue weighted by atomic mass is 16.3. The smallest absolute Gasteiger partial charge is 0.0592 e. The number of hydrogen-bond donors (Lipinski definition) is 2. The summed E-state index contributed by atoms with van der Waals surface area (Å²) in [5.74, 6) is 0.845. The summed E-state index contributed by atoms with van der Waals surface area (Å²) in [6, 6.07) is 0. The zero-order chi connectivity index (χ0) is 9.35. The van der Waals surface area contributed by atoms with Crippen molar-refractivity contribution in [2.75, 3.05) is 7.05 Å². The molecule has 0 aliphatic heterocycles. The van der Waals surface area contributed by atoms with Crippen LogP contribution >= 0.6 is 0 Å². The summed E-state index contributed by atoms with van der Waals surface area (Å²) >= 11 is 0. The normalized spacial score (nSPS) is 49.2. The van der Waals surface area contributed by atoms with Crippen molar-refractivity contribution >= 4 is 0 Å². The third-order valence-electron chi connectivity index (χ3n) is 3.31. The van der Waals surface area contributed by atoms with Crippen LogP contribution in [-0.2, 0) is 0 Å². The molecule has 1 aliphatic carbocycles. The van der Waals surface area contributed by atoms with E-state index in [1.165, 1.54) is 0 Å². The molecule has 1 rings (SSSR count). The highest BCUT2D eigenvalue weighted by Crippen LogP contribution is 2.35. The molecule has 0 amide bonds. The third-order valence-corrected chi connectivity index (χ3v) is 3.31. The first kappa shape index (κ1) is 10.0. The quantitative estimate of drug-likeness (QED) is 0.625. The summed E-state index contributed by atoms with van der Waals surface area (Å²) in [7, 11) is 2.01. The molecule has 2 nitrogen and oxygen atoms in total. The summed E-state index contributed by atoms with van der Waals surface area (Å²) in [5.41, 5.74) is 0.234. The zero-order valence-corrected chi connectivity index (χ0v) is 8.59. The maximum absolute atomic E-state index is 9.75. The topological polar surface area (TPSA) is 32.3 Å². The van der Waals surface area contributed by atoms with Crippen molar-refractivity contribution in [3.63, 3.8) is 0 Å². The minimum absolute atomic E-state index is 0.105. The van der Waals surface area contributed by atoms with E-state index in [-0.39, 0.29) is 11.6 Å². The lowest BCUT2D eigenvalue weighted by Gasteiger charge is -2.43. The van der Waals surface area contributed by atoms with Gasteiger partial charge in [-0.15, -0.1) is 0 Å². The monoisotopic (exact) mass is 171 g/mol. The third kappa shape index (κ3) is 1.80. The van der Waals surface area contributed by atoms with Gasteiger partial charge < -0.3 is 10.4 Å². The van der Waals surface area contributed by atoms with Crippen molar-refractivity contribution in [1.29, 1.82) is 0 Å². The second-order valence-electron chi connectivity index (χ2n) is 4.66. The average Bonchev–Trinajstić information content (AvgIpc) is 2.00. The number of rotatable bonds is 1. The lowest BCUT2D eigenvalue weighted by Crippen LogP contribution is -2.50. The van der Waals surface area contributed by atoms with E-state index in [9.17, 15) is 5.11 Å². The van der Waals surface area contributed by atoms with Crippen LogP contribution in [-0.4, -0.2) is 23.8 Å². The summed E-state index contributed by atoms with van der Waals surface area (Å²) < 4.78 is 0. The second kappa shape index (κ2) is 3.35. The number of aliphatic hydroxyl groups excluding tert-OH is 1. The van der Waals surface area contributed by atoms with Crippen LogP contribution in [0, 0.1) is 11.8 Å². The van der Waals surface area contributed by atoms with Crippen LogP contribution in [0.3, 0.4) is 0 Å². The van der Waals surface area contributed by atoms with Crippen molar-refractivity contribution < 1.29 is 5.11 Å². The molecule has 0 saturated heterocycles. The molecule has 0 bridgehead atoms. The Morgan fingerprint density at radius 1 is 1.25 bits per heavy atom. The first-order valence-corrected chi connectivity index (χ1v) is 4.85. The largest absolute Gasteiger partial charge is 0.393 e. The van der Waals surface area contributed by atoms with Gasteiger partial charge in [0, 0.05) is 5.54 Å². The van der Waals surface area contributed by atoms with Gasteiger partial charge in [0.1, 0.15) is 0 Å². The molecule has 12 heavy (non-hydrogen) atoms. The average molecular weight is 171 g/mol. The fourth-order valence-corrected chi connectivity index (χ4v) is 2.51. The molecule has 0 radical (unpaired) electrons. The fraction of sp³-hybridized carbons (Fsp3) is 1.00. The SMILES string of the molecule is CNC1(C)CC(C)C(O)C(C)C1. The summed E-state index contributed by atoms with van der Waals surface area (Å²) in [6.07, 6.45) is 2.05. The highest BCUT2D eigenvalue weighted by Gasteiger charge is 2.37. The van der Waals surface area contributed by atoms with E-state index in [2.05, 4.69) is 26.1 Å². The molecule has 0 aromatic rings. The highest BCUT2D eigenvalue weighted by molar-refractivity contribution is 4.93. The standard InChI is InChI=1S/C10H21NO/c1-7-5-10(3,11-4)6-8(2)9(7)12/h7-9,11-12H,5-6H2,1-4H3. The maximum Gasteiger partial charge on any atom is 0.0592 e. The van der Waals surface area contributed by atoms with Crippen molar-refractivity contribution in [3.8, 4) is 0 Å². The van der Waals surface area contributed by atoms with Gasteiger partial charge in [0.15, 0.2) is 0 Å². The van der Waals surface area contributed by atoms with Gasteiger partial charge in [0.2, 0.25) is 0 Å². The molecular formula is C10H21NO. The van der Waals surface area contributed by atoms with Gasteiger partial charge in [-0.3, -0.25) is 0 Å². The molecule has 1 saturated carbocycles. The molecule has 2 atom stereocenters. The van der Waals surface area contributed by atoms with Gasteiger partial charge in [-0.05, 0) is 38.6 Å². The van der Waals surface area contributed by atoms with Crippen molar-refractivity contribution in [2.45, 2.75) is 45.3 Å². The van der Waals surface area contributed by atoms with E-state index in [1.807, 2.05) is 7.05 Å². The van der Waals surface area contributed by atoms with Crippen LogP contribution < -0.4 is 5.32 Å². The Morgan fingerprint density at radius 2 is 1.67 bits per heavy atom. The predicted molar refractivity (Wildman–Crippen MR) is 51.0 cm³/mol. The van der Waals surface area contributed by atoms with E-state index in [0.29, 0.717) is 11.8 Å². The molecule has 0 aromatic carbocycles. The van der Waals surface area contributed by atoms with Gasteiger partial charge in [-0.25, -0.2) is 0 Å². The lowest BCUT2D eigenvalue weighted by atomic mass is 9.71. The Bertz CT molecular complexity index is 146. The van der Waals surface area contributed by atoms with E-state index < -0.39 is 0 Å². The van der Waals surface area contributed by atoms with Gasteiger partial charge >= 0.3 is 0 Å². The van der Waals surface area contributed by atoms with Crippen molar-refractivity contribution in [3.05, 3.63) is 0 Å². The summed E-state index contributed by atoms with van der Waals surface area (Å²) in [6.45, 7) is 6.51. The van der Waals surface area contributed by atoms with Crippen LogP contribution in [0.25, 0.3) is 0 Å². The van der Waals surface area contributed by atoms with Gasteiger partial charge in [0.05, 0.1) is 6.10 Å². The van der Waals surface area contributed by atoms with Gasteiger partial charge in [0.25, 0.3) is 0 Å². The molecule has 2 unspecified atom stereocenters. The first-order valence-electron chi connectivity index (χ1n) is 4.85. The minimum Gasteiger partial charge on any atom is -0.393 e. The molecule has 1 fully saturated rings. The first-order chi connectivity index (χ1) is 5.48. The van der Waals surface area contributed by atoms with E-state index in [1.54, 1.807) is 0 Å². The zero-order valence-electron chi connectivity index (χ0n) is 8.59. The Morgan fingerprint density at radius 3 is 2.00 bits per heavy atom. The number of nitrogens with one attached hydrogen (secondary N) is 1. The van der Waals surface area contributed by atoms with Crippen molar-refractivity contribution in [1.82, 2.24) is 5.32 Å². The molecular weight excluding hydrogens is 150 g/mol. The molecule has 2 heteroatoms. The molecule has 0 heterocycles. The summed E-state index contributed by atoms with van der Waals surface area (Å²) in [5, 5.41) is 13.1. The van der Waals surface area contributed by atoms with E-state index in [4.69, 9.17) is 0 Å². The molecule has 0 aromatic heterocycles. The second-order valence-corrected chi connectivity index (χ2v) is 4.66. The Labute approximate surface area is 75.4 Å². The van der Waals surface area contributed by atoms with E-state index >= 15 is 0 Å². The van der Waals surface area contributed by atoms with Crippen LogP contribution in [0.1, 0.15) is 33.6 Å². The predicted octanol–water partition coefficient (Wildman–Crippen LogP) is 1.39. The van der Waals surface area contributed by atoms with Gasteiger partial charge in [-0.2, -0.15) is 0 Å². The lowest BCUT2D eigenvalue weighted by molar-refractivity contribution is -0.00129. The molecule has 1 aliphatic rings. The van der Waals surface area contributed by atoms with E-state index in [0.717, 1.165) is 12.8 Å². The minimum atomic E-state index is -0.105. The Hall–Kier alpha value is -0.0800. The van der Waals surface area contributed by atoms with Crippen molar-refractivity contribution in [2.24, 2.45) is 11.8 Å². The number of hydrogen-bond acceptors (Lipinski definition) is 2. The number of aliphatic hydroxyl groups is 1. The van der Waals surface area contributed by atoms with Crippen LogP contribution in [0.5, 0.6) is 0 Å². The molecule has 0 spiro atoms. The Balaban J connectivity index is 2.65. The Kier molecular flexibility index (Phi) is 2.79. The fourth-order valence-electron chi connectivity index (χ4n) is 2.51.